The van der Waals surface area contributed by atoms with Crippen LogP contribution in [0.3, 0.4) is 0 Å². The van der Waals surface area contributed by atoms with E-state index in [9.17, 15) is 4.79 Å². The minimum atomic E-state index is -0.0949. The van der Waals surface area contributed by atoms with Crippen molar-refractivity contribution in [3.63, 3.8) is 0 Å². The molecule has 5 nitrogen and oxygen atoms in total. The molecule has 0 spiro atoms. The maximum atomic E-state index is 12.2. The Morgan fingerprint density at radius 1 is 1.44 bits per heavy atom. The van der Waals surface area contributed by atoms with Crippen molar-refractivity contribution in [1.29, 1.82) is 0 Å². The van der Waals surface area contributed by atoms with Crippen molar-refractivity contribution >= 4 is 33.0 Å². The van der Waals surface area contributed by atoms with Gasteiger partial charge in [-0.2, -0.15) is 0 Å². The van der Waals surface area contributed by atoms with Crippen LogP contribution < -0.4 is 0 Å². The quantitative estimate of drug-likeness (QED) is 0.795. The molecule has 2 rings (SSSR count). The van der Waals surface area contributed by atoms with Gasteiger partial charge in [0.2, 0.25) is 5.78 Å². The molecule has 0 saturated carbocycles. The van der Waals surface area contributed by atoms with Gasteiger partial charge in [0.25, 0.3) is 0 Å². The Balaban J connectivity index is 2.51. The molecule has 0 N–H and O–H groups in total. The third kappa shape index (κ3) is 1.80. The van der Waals surface area contributed by atoms with E-state index in [1.165, 1.54) is 16.0 Å². The van der Waals surface area contributed by atoms with Crippen LogP contribution in [0.2, 0.25) is 0 Å². The van der Waals surface area contributed by atoms with Gasteiger partial charge in [0.15, 0.2) is 4.60 Å². The Labute approximate surface area is 105 Å². The summed E-state index contributed by atoms with van der Waals surface area (Å²) in [6, 6.07) is 0. The molecule has 0 saturated heterocycles. The fraction of sp³-hybridized carbons (Fsp3) is 0.333. The van der Waals surface area contributed by atoms with Crippen LogP contribution in [0, 0.1) is 13.8 Å². The molecule has 16 heavy (non-hydrogen) atoms. The van der Waals surface area contributed by atoms with Crippen molar-refractivity contribution in [2.75, 3.05) is 0 Å². The highest BCUT2D eigenvalue weighted by Gasteiger charge is 2.22. The number of halogens is 1. The molecule has 0 aliphatic heterocycles. The lowest BCUT2D eigenvalue weighted by molar-refractivity contribution is 0.103. The van der Waals surface area contributed by atoms with Crippen LogP contribution in [-0.2, 0) is 7.05 Å². The van der Waals surface area contributed by atoms with Gasteiger partial charge in [0.05, 0.1) is 15.6 Å². The second-order valence-electron chi connectivity index (χ2n) is 3.33. The van der Waals surface area contributed by atoms with Crippen molar-refractivity contribution in [1.82, 2.24) is 20.0 Å². The summed E-state index contributed by atoms with van der Waals surface area (Å²) in [5.41, 5.74) is 1.20. The lowest BCUT2D eigenvalue weighted by Crippen LogP contribution is -2.08. The van der Waals surface area contributed by atoms with Crippen molar-refractivity contribution in [3.8, 4) is 0 Å². The molecule has 2 heterocycles. The van der Waals surface area contributed by atoms with Gasteiger partial charge in [0.1, 0.15) is 5.69 Å². The highest BCUT2D eigenvalue weighted by atomic mass is 79.9. The molecule has 0 fully saturated rings. The number of hydrogen-bond donors (Lipinski definition) is 0. The molecule has 0 radical (unpaired) electrons. The van der Waals surface area contributed by atoms with E-state index in [0.29, 0.717) is 15.2 Å². The molecule has 0 atom stereocenters. The smallest absolute Gasteiger partial charge is 0.225 e. The number of rotatable bonds is 2. The van der Waals surface area contributed by atoms with Crippen LogP contribution in [0.25, 0.3) is 0 Å². The van der Waals surface area contributed by atoms with Gasteiger partial charge in [-0.15, -0.1) is 16.4 Å². The molecule has 0 bridgehead atoms. The molecule has 0 aliphatic rings. The van der Waals surface area contributed by atoms with E-state index in [4.69, 9.17) is 0 Å². The van der Waals surface area contributed by atoms with E-state index in [0.717, 1.165) is 10.7 Å². The fourth-order valence-corrected chi connectivity index (χ4v) is 2.79. The Kier molecular flexibility index (Phi) is 2.90. The molecule has 7 heteroatoms. The van der Waals surface area contributed by atoms with Crippen LogP contribution >= 0.6 is 27.3 Å². The number of carbonyl (C=O) groups is 1. The predicted octanol–water partition coefficient (Wildman–Crippen LogP) is 1.88. The summed E-state index contributed by atoms with van der Waals surface area (Å²) < 4.78 is 1.92. The molecule has 0 aliphatic carbocycles. The summed E-state index contributed by atoms with van der Waals surface area (Å²) in [6.45, 7) is 3.71. The van der Waals surface area contributed by atoms with E-state index < -0.39 is 0 Å². The zero-order valence-corrected chi connectivity index (χ0v) is 11.4. The minimum absolute atomic E-state index is 0.0949. The Morgan fingerprint density at radius 2 is 2.12 bits per heavy atom. The van der Waals surface area contributed by atoms with E-state index in [2.05, 4.69) is 31.2 Å². The number of hydrogen-bond acceptors (Lipinski definition) is 5. The van der Waals surface area contributed by atoms with Gasteiger partial charge in [0, 0.05) is 7.05 Å². The number of aryl methyl sites for hydroxylation is 3. The first-order valence-corrected chi connectivity index (χ1v) is 6.15. The SMILES string of the molecule is Cc1nc(C)c(C(=O)c2c(Br)nnn2C)s1. The van der Waals surface area contributed by atoms with Crippen molar-refractivity contribution in [3.05, 3.63) is 25.9 Å². The highest BCUT2D eigenvalue weighted by Crippen LogP contribution is 2.23. The molecule has 2 aromatic heterocycles. The first-order chi connectivity index (χ1) is 7.50. The molecule has 0 amide bonds. The Hall–Kier alpha value is -1.08. The van der Waals surface area contributed by atoms with E-state index >= 15 is 0 Å². The zero-order valence-electron chi connectivity index (χ0n) is 8.98. The van der Waals surface area contributed by atoms with Gasteiger partial charge >= 0.3 is 0 Å². The topological polar surface area (TPSA) is 60.7 Å². The summed E-state index contributed by atoms with van der Waals surface area (Å²) in [7, 11) is 1.69. The molecular weight excluding hydrogens is 292 g/mol. The van der Waals surface area contributed by atoms with E-state index in [1.54, 1.807) is 7.05 Å². The normalized spacial score (nSPS) is 10.8. The second-order valence-corrected chi connectivity index (χ2v) is 5.28. The maximum Gasteiger partial charge on any atom is 0.225 e. The van der Waals surface area contributed by atoms with Crippen LogP contribution in [-0.4, -0.2) is 25.8 Å². The Bertz CT molecular complexity index is 540. The van der Waals surface area contributed by atoms with Crippen LogP contribution in [0.1, 0.15) is 26.1 Å². The first-order valence-electron chi connectivity index (χ1n) is 4.54. The van der Waals surface area contributed by atoms with Crippen LogP contribution in [0.5, 0.6) is 0 Å². The molecule has 0 unspecified atom stereocenters. The number of carbonyl (C=O) groups excluding carboxylic acids is 1. The number of thiazole rings is 1. The summed E-state index contributed by atoms with van der Waals surface area (Å²) in [5.74, 6) is -0.0949. The van der Waals surface area contributed by atoms with E-state index in [1.807, 2.05) is 13.8 Å². The molecular formula is C9H9BrN4OS. The van der Waals surface area contributed by atoms with Crippen LogP contribution in [0.4, 0.5) is 0 Å². The third-order valence-electron chi connectivity index (χ3n) is 2.11. The number of nitrogens with zero attached hydrogens (tertiary/aromatic N) is 4. The van der Waals surface area contributed by atoms with Crippen molar-refractivity contribution in [2.45, 2.75) is 13.8 Å². The summed E-state index contributed by atoms with van der Waals surface area (Å²) in [4.78, 5) is 17.1. The summed E-state index contributed by atoms with van der Waals surface area (Å²) in [6.07, 6.45) is 0. The minimum Gasteiger partial charge on any atom is -0.286 e. The van der Waals surface area contributed by atoms with Gasteiger partial charge in [-0.3, -0.25) is 4.79 Å². The maximum absolute atomic E-state index is 12.2. The lowest BCUT2D eigenvalue weighted by Gasteiger charge is -1.98. The standard InChI is InChI=1S/C9H9BrN4OS/c1-4-8(16-5(2)11-4)7(15)6-9(10)12-13-14(6)3/h1-3H3. The molecule has 84 valence electrons. The monoisotopic (exact) mass is 300 g/mol. The summed E-state index contributed by atoms with van der Waals surface area (Å²) >= 11 is 4.60. The number of ketones is 1. The third-order valence-corrected chi connectivity index (χ3v) is 3.72. The van der Waals surface area contributed by atoms with E-state index in [-0.39, 0.29) is 5.78 Å². The predicted molar refractivity (Wildman–Crippen MR) is 63.7 cm³/mol. The highest BCUT2D eigenvalue weighted by molar-refractivity contribution is 9.10. The van der Waals surface area contributed by atoms with Gasteiger partial charge in [-0.05, 0) is 29.8 Å². The van der Waals surface area contributed by atoms with Crippen LogP contribution in [0.15, 0.2) is 4.60 Å². The molecule has 2 aromatic rings. The van der Waals surface area contributed by atoms with Crippen molar-refractivity contribution in [2.24, 2.45) is 7.05 Å². The number of aromatic nitrogens is 4. The second kappa shape index (κ2) is 4.06. The summed E-state index contributed by atoms with van der Waals surface area (Å²) in [5, 5.41) is 8.46. The van der Waals surface area contributed by atoms with Crippen molar-refractivity contribution < 1.29 is 4.79 Å². The average Bonchev–Trinajstić information content (AvgIpc) is 2.70. The first kappa shape index (κ1) is 11.4. The zero-order chi connectivity index (χ0) is 11.9. The lowest BCUT2D eigenvalue weighted by atomic mass is 10.2. The van der Waals surface area contributed by atoms with Gasteiger partial charge in [-0.1, -0.05) is 5.21 Å². The Morgan fingerprint density at radius 3 is 2.56 bits per heavy atom. The average molecular weight is 301 g/mol. The molecule has 0 aromatic carbocycles. The van der Waals surface area contributed by atoms with Gasteiger partial charge < -0.3 is 0 Å². The van der Waals surface area contributed by atoms with Gasteiger partial charge in [-0.25, -0.2) is 9.67 Å². The fourth-order valence-electron chi connectivity index (χ4n) is 1.42. The largest absolute Gasteiger partial charge is 0.286 e.